The Morgan fingerprint density at radius 3 is 2.32 bits per heavy atom. The molecule has 1 aliphatic heterocycles. The fraction of sp³-hybridized carbons (Fsp3) is 0.621. The van der Waals surface area contributed by atoms with Crippen molar-refractivity contribution in [3.8, 4) is 11.3 Å². The Labute approximate surface area is 225 Å². The van der Waals surface area contributed by atoms with Crippen molar-refractivity contribution in [1.29, 1.82) is 0 Å². The van der Waals surface area contributed by atoms with Gasteiger partial charge in [-0.2, -0.15) is 0 Å². The van der Waals surface area contributed by atoms with Crippen LogP contribution in [0.2, 0.25) is 0 Å². The average Bonchev–Trinajstić information content (AvgIpc) is 3.65. The van der Waals surface area contributed by atoms with Crippen molar-refractivity contribution in [2.24, 2.45) is 23.7 Å². The van der Waals surface area contributed by atoms with Crippen molar-refractivity contribution in [3.63, 3.8) is 0 Å². The molecule has 204 valence electrons. The van der Waals surface area contributed by atoms with E-state index in [4.69, 9.17) is 19.0 Å². The van der Waals surface area contributed by atoms with E-state index in [9.17, 15) is 9.59 Å². The summed E-state index contributed by atoms with van der Waals surface area (Å²) in [4.78, 5) is 34.1. The number of nitrogens with zero attached hydrogens (tertiary/aromatic N) is 1. The van der Waals surface area contributed by atoms with E-state index in [0.29, 0.717) is 11.8 Å². The predicted octanol–water partition coefficient (Wildman–Crippen LogP) is 4.46. The van der Waals surface area contributed by atoms with Gasteiger partial charge in [-0.1, -0.05) is 38.1 Å². The van der Waals surface area contributed by atoms with Crippen molar-refractivity contribution in [1.82, 2.24) is 15.3 Å². The number of imidazole rings is 1. The van der Waals surface area contributed by atoms with Crippen molar-refractivity contribution < 1.29 is 23.6 Å². The molecule has 1 aromatic carbocycles. The van der Waals surface area contributed by atoms with E-state index >= 15 is 0 Å². The second kappa shape index (κ2) is 9.83. The van der Waals surface area contributed by atoms with Crippen LogP contribution in [0.5, 0.6) is 0 Å². The lowest BCUT2D eigenvalue weighted by atomic mass is 9.73. The number of amides is 1. The molecule has 1 saturated heterocycles. The average molecular weight is 521 g/mol. The number of Topliss-reactive ketones (excluding diaryl/α,β-unsaturated/α-hetero) is 1. The van der Waals surface area contributed by atoms with Crippen molar-refractivity contribution in [2.45, 2.75) is 84.0 Å². The zero-order valence-corrected chi connectivity index (χ0v) is 23.5. The van der Waals surface area contributed by atoms with Gasteiger partial charge in [-0.15, -0.1) is 0 Å². The van der Waals surface area contributed by atoms with Gasteiger partial charge in [0.25, 0.3) is 0 Å². The number of ketones is 1. The van der Waals surface area contributed by atoms with Crippen LogP contribution in [-0.2, 0) is 18.8 Å². The number of nitrogens with one attached hydrogen (secondary N) is 2. The third-order valence-electron chi connectivity index (χ3n) is 9.34. The quantitative estimate of drug-likeness (QED) is 0.522. The van der Waals surface area contributed by atoms with Crippen LogP contribution in [-0.4, -0.2) is 53.3 Å². The summed E-state index contributed by atoms with van der Waals surface area (Å²) in [6.07, 6.45) is 4.48. The van der Waals surface area contributed by atoms with E-state index < -0.39 is 19.3 Å². The number of carbonyl (C=O) groups is 2. The van der Waals surface area contributed by atoms with E-state index in [1.807, 2.05) is 32.2 Å². The van der Waals surface area contributed by atoms with Crippen LogP contribution < -0.4 is 10.8 Å². The fourth-order valence-electron chi connectivity index (χ4n) is 6.51. The Hall–Kier alpha value is -2.65. The molecule has 2 N–H and O–H groups in total. The van der Waals surface area contributed by atoms with Crippen LogP contribution in [0.1, 0.15) is 72.5 Å². The zero-order chi connectivity index (χ0) is 27.4. The summed E-state index contributed by atoms with van der Waals surface area (Å²) in [5, 5.41) is 2.78. The normalized spacial score (nSPS) is 28.1. The number of methoxy groups -OCH3 is 1. The molecule has 9 heteroatoms. The summed E-state index contributed by atoms with van der Waals surface area (Å²) in [7, 11) is 0.920. The molecule has 2 aromatic rings. The van der Waals surface area contributed by atoms with Gasteiger partial charge in [0.2, 0.25) is 0 Å². The van der Waals surface area contributed by atoms with Gasteiger partial charge in [-0.3, -0.25) is 4.79 Å². The molecule has 3 aliphatic rings. The summed E-state index contributed by atoms with van der Waals surface area (Å²) < 4.78 is 17.2. The van der Waals surface area contributed by atoms with Gasteiger partial charge in [0.05, 0.1) is 36.2 Å². The highest BCUT2D eigenvalue weighted by Crippen LogP contribution is 2.57. The number of aromatic nitrogens is 2. The Morgan fingerprint density at radius 2 is 1.71 bits per heavy atom. The third kappa shape index (κ3) is 4.68. The Balaban J connectivity index is 1.35. The Kier molecular flexibility index (Phi) is 6.97. The number of H-pyrrole nitrogens is 1. The minimum absolute atomic E-state index is 0.0275. The number of ether oxygens (including phenoxy) is 1. The van der Waals surface area contributed by atoms with E-state index in [0.717, 1.165) is 41.8 Å². The monoisotopic (exact) mass is 521 g/mol. The van der Waals surface area contributed by atoms with Crippen LogP contribution in [0.3, 0.4) is 0 Å². The molecular weight excluding hydrogens is 481 g/mol. The topological polar surface area (TPSA) is 103 Å². The molecule has 1 aromatic heterocycles. The number of fused-ring (bicyclic) bond motifs is 2. The highest BCUT2D eigenvalue weighted by atomic mass is 16.7. The maximum Gasteiger partial charge on any atom is 0.494 e. The lowest BCUT2D eigenvalue weighted by Crippen LogP contribution is -2.49. The first-order valence-electron chi connectivity index (χ1n) is 13.8. The van der Waals surface area contributed by atoms with E-state index in [-0.39, 0.29) is 34.7 Å². The number of carbonyl (C=O) groups excluding carboxylic acids is 2. The number of aromatic amines is 1. The highest BCUT2D eigenvalue weighted by molar-refractivity contribution is 6.62. The van der Waals surface area contributed by atoms with Gasteiger partial charge in [-0.05, 0) is 75.7 Å². The maximum absolute atomic E-state index is 13.8. The second-order valence-electron chi connectivity index (χ2n) is 12.5. The number of alkyl carbamates (subject to hydrolysis) is 1. The molecule has 2 bridgehead atoms. The van der Waals surface area contributed by atoms with Crippen molar-refractivity contribution >= 4 is 24.5 Å². The number of hydrogen-bond acceptors (Lipinski definition) is 6. The molecule has 2 saturated carbocycles. The van der Waals surface area contributed by atoms with Crippen molar-refractivity contribution in [2.75, 3.05) is 7.11 Å². The van der Waals surface area contributed by atoms with Gasteiger partial charge in [0.15, 0.2) is 5.78 Å². The molecule has 38 heavy (non-hydrogen) atoms. The summed E-state index contributed by atoms with van der Waals surface area (Å²) in [5.74, 6) is 1.53. The van der Waals surface area contributed by atoms with Crippen molar-refractivity contribution in [3.05, 3.63) is 36.3 Å². The molecular formula is C29H40BN3O5. The first-order chi connectivity index (χ1) is 17.9. The summed E-state index contributed by atoms with van der Waals surface area (Å²) in [5.41, 5.74) is 2.14. The van der Waals surface area contributed by atoms with Gasteiger partial charge in [0.1, 0.15) is 5.82 Å². The second-order valence-corrected chi connectivity index (χ2v) is 12.5. The summed E-state index contributed by atoms with van der Waals surface area (Å²) in [6.45, 7) is 12.1. The molecule has 2 heterocycles. The molecule has 8 nitrogen and oxygen atoms in total. The predicted molar refractivity (Wildman–Crippen MR) is 146 cm³/mol. The van der Waals surface area contributed by atoms with E-state index in [1.54, 1.807) is 0 Å². The van der Waals surface area contributed by atoms with Crippen LogP contribution in [0.4, 0.5) is 4.79 Å². The van der Waals surface area contributed by atoms with Crippen LogP contribution in [0.25, 0.3) is 11.3 Å². The molecule has 1 amide bonds. The molecule has 3 fully saturated rings. The Morgan fingerprint density at radius 1 is 1.08 bits per heavy atom. The van der Waals surface area contributed by atoms with E-state index in [1.165, 1.54) is 7.11 Å². The standard InChI is InChI=1S/C29H40BN3O5/c1-16(2)24(33-27(35)36-7)25(34)22-18-8-9-19(14-18)23(22)26-31-15-21(32-26)17-10-12-20(13-11-17)30-37-28(3,4)29(5,6)38-30/h10-13,15-16,18-19,22-24H,8-9,14H2,1-7H3,(H,31,32)(H,33,35)/t18?,19?,22?,23-,24?/m1/s1. The van der Waals surface area contributed by atoms with Crippen LogP contribution >= 0.6 is 0 Å². The molecule has 0 spiro atoms. The summed E-state index contributed by atoms with van der Waals surface area (Å²) >= 11 is 0. The molecule has 2 aliphatic carbocycles. The molecule has 5 atom stereocenters. The van der Waals surface area contributed by atoms with E-state index in [2.05, 4.69) is 50.1 Å². The number of hydrogen-bond donors (Lipinski definition) is 2. The Bertz CT molecular complexity index is 1180. The summed E-state index contributed by atoms with van der Waals surface area (Å²) in [6, 6.07) is 7.60. The van der Waals surface area contributed by atoms with Gasteiger partial charge in [0, 0.05) is 11.8 Å². The highest BCUT2D eigenvalue weighted by Gasteiger charge is 2.54. The smallest absolute Gasteiger partial charge is 0.453 e. The number of rotatable bonds is 7. The lowest BCUT2D eigenvalue weighted by Gasteiger charge is -2.32. The van der Waals surface area contributed by atoms with Gasteiger partial charge >= 0.3 is 13.2 Å². The minimum atomic E-state index is -0.578. The fourth-order valence-corrected chi connectivity index (χ4v) is 6.51. The molecule has 4 unspecified atom stereocenters. The minimum Gasteiger partial charge on any atom is -0.453 e. The SMILES string of the molecule is COC(=O)NC(C(=O)C1C2CCC(C2)[C@H]1c1ncc(-c2ccc(B3OC(C)(C)C(C)(C)O3)cc2)[nH]1)C(C)C. The van der Waals surface area contributed by atoms with Gasteiger partial charge in [-0.25, -0.2) is 9.78 Å². The van der Waals surface area contributed by atoms with Crippen LogP contribution in [0, 0.1) is 23.7 Å². The zero-order valence-electron chi connectivity index (χ0n) is 23.5. The van der Waals surface area contributed by atoms with Gasteiger partial charge < -0.3 is 24.3 Å². The first kappa shape index (κ1) is 26.9. The van der Waals surface area contributed by atoms with Crippen LogP contribution in [0.15, 0.2) is 30.5 Å². The molecule has 0 radical (unpaired) electrons. The first-order valence-corrected chi connectivity index (χ1v) is 13.8. The maximum atomic E-state index is 13.8. The number of benzene rings is 1. The molecule has 5 rings (SSSR count). The third-order valence-corrected chi connectivity index (χ3v) is 9.34. The largest absolute Gasteiger partial charge is 0.494 e. The lowest BCUT2D eigenvalue weighted by molar-refractivity contribution is -0.128.